The lowest BCUT2D eigenvalue weighted by atomic mass is 10.3. The molecule has 5 nitrogen and oxygen atoms in total. The molecule has 8 heteroatoms. The predicted octanol–water partition coefficient (Wildman–Crippen LogP) is 0.438. The summed E-state index contributed by atoms with van der Waals surface area (Å²) in [6.45, 7) is -0.199. The number of nitrogens with one attached hydrogen (secondary N) is 1. The van der Waals surface area contributed by atoms with Gasteiger partial charge in [-0.15, -0.1) is 13.2 Å². The lowest BCUT2D eigenvalue weighted by molar-refractivity contribution is -0.276. The van der Waals surface area contributed by atoms with Crippen LogP contribution in [0.15, 0.2) is 10.9 Å². The Hall–Kier alpha value is -1.70. The fraction of sp³-hybridized carbons (Fsp3) is 0.286. The Bertz CT molecular complexity index is 413. The van der Waals surface area contributed by atoms with Gasteiger partial charge in [0.05, 0.1) is 0 Å². The van der Waals surface area contributed by atoms with Crippen molar-refractivity contribution in [2.75, 3.05) is 0 Å². The molecule has 4 N–H and O–H groups in total. The van der Waals surface area contributed by atoms with Gasteiger partial charge in [0.25, 0.3) is 5.56 Å². The Kier molecular flexibility index (Phi) is 2.89. The number of pyridine rings is 1. The van der Waals surface area contributed by atoms with Crippen molar-refractivity contribution in [2.45, 2.75) is 12.9 Å². The number of hydrogen-bond acceptors (Lipinski definition) is 4. The topological polar surface area (TPSA) is 88.3 Å². The Labute approximate surface area is 81.3 Å². The van der Waals surface area contributed by atoms with Gasteiger partial charge in [-0.3, -0.25) is 9.78 Å². The summed E-state index contributed by atoms with van der Waals surface area (Å²) in [6.07, 6.45) is -4.98. The number of rotatable bonds is 2. The fourth-order valence-electron chi connectivity index (χ4n) is 0.889. The van der Waals surface area contributed by atoms with Crippen LogP contribution < -0.4 is 16.0 Å². The normalized spacial score (nSPS) is 11.5. The standard InChI is InChI=1S/C7H7F3N2O3/c8-7(9,10)15-6-4(13)1-3(2-11)5(14)12-6/h1,13H,2,11H2,(H,12,14). The van der Waals surface area contributed by atoms with Gasteiger partial charge in [-0.25, -0.2) is 0 Å². The molecule has 1 rings (SSSR count). The molecule has 0 amide bonds. The highest BCUT2D eigenvalue weighted by Gasteiger charge is 2.33. The van der Waals surface area contributed by atoms with Crippen LogP contribution in [0.3, 0.4) is 0 Å². The van der Waals surface area contributed by atoms with E-state index in [9.17, 15) is 18.0 Å². The SMILES string of the molecule is NCc1cc(O)c(OC(F)(F)F)[nH]c1=O. The molecule has 0 spiro atoms. The monoisotopic (exact) mass is 224 g/mol. The van der Waals surface area contributed by atoms with Gasteiger partial charge in [-0.1, -0.05) is 0 Å². The van der Waals surface area contributed by atoms with Crippen molar-refractivity contribution in [3.05, 3.63) is 22.0 Å². The number of halogens is 3. The maximum absolute atomic E-state index is 11.8. The quantitative estimate of drug-likeness (QED) is 0.680. The first-order chi connectivity index (χ1) is 6.83. The maximum Gasteiger partial charge on any atom is 0.574 e. The number of aromatic amines is 1. The Morgan fingerprint density at radius 2 is 2.13 bits per heavy atom. The minimum atomic E-state index is -4.98. The third-order valence-corrected chi connectivity index (χ3v) is 1.50. The maximum atomic E-state index is 11.8. The lowest BCUT2D eigenvalue weighted by Crippen LogP contribution is -2.22. The summed E-state index contributed by atoms with van der Waals surface area (Å²) >= 11 is 0. The van der Waals surface area contributed by atoms with Crippen molar-refractivity contribution in [3.8, 4) is 11.6 Å². The first-order valence-electron chi connectivity index (χ1n) is 3.74. The molecule has 0 bridgehead atoms. The molecule has 0 fully saturated rings. The average Bonchev–Trinajstić information content (AvgIpc) is 2.08. The van der Waals surface area contributed by atoms with Crippen molar-refractivity contribution in [1.29, 1.82) is 0 Å². The van der Waals surface area contributed by atoms with Crippen molar-refractivity contribution in [2.24, 2.45) is 5.73 Å². The van der Waals surface area contributed by atoms with Gasteiger partial charge in [0.1, 0.15) is 0 Å². The van der Waals surface area contributed by atoms with Crippen LogP contribution in [-0.4, -0.2) is 16.5 Å². The van der Waals surface area contributed by atoms with E-state index in [0.29, 0.717) is 0 Å². The minimum Gasteiger partial charge on any atom is -0.503 e. The first-order valence-corrected chi connectivity index (χ1v) is 3.74. The molecule has 1 aromatic heterocycles. The molecule has 1 heterocycles. The van der Waals surface area contributed by atoms with Crippen molar-refractivity contribution in [1.82, 2.24) is 4.98 Å². The molecule has 0 saturated heterocycles. The Balaban J connectivity index is 3.11. The van der Waals surface area contributed by atoms with E-state index in [1.165, 1.54) is 0 Å². The summed E-state index contributed by atoms with van der Waals surface area (Å²) in [5, 5.41) is 9.06. The smallest absolute Gasteiger partial charge is 0.503 e. The van der Waals surface area contributed by atoms with E-state index in [1.54, 1.807) is 4.98 Å². The molecule has 84 valence electrons. The van der Waals surface area contributed by atoms with E-state index >= 15 is 0 Å². The van der Waals surface area contributed by atoms with Crippen LogP contribution in [0.1, 0.15) is 5.56 Å². The number of alkyl halides is 3. The molecule has 0 unspecified atom stereocenters. The van der Waals surface area contributed by atoms with E-state index in [-0.39, 0.29) is 12.1 Å². The van der Waals surface area contributed by atoms with E-state index < -0.39 is 23.6 Å². The average molecular weight is 224 g/mol. The molecule has 0 aliphatic heterocycles. The highest BCUT2D eigenvalue weighted by molar-refractivity contribution is 5.34. The van der Waals surface area contributed by atoms with Crippen LogP contribution in [0.25, 0.3) is 0 Å². The summed E-state index contributed by atoms with van der Waals surface area (Å²) in [4.78, 5) is 12.7. The largest absolute Gasteiger partial charge is 0.574 e. The van der Waals surface area contributed by atoms with E-state index in [1.807, 2.05) is 0 Å². The second-order valence-corrected chi connectivity index (χ2v) is 2.59. The molecule has 15 heavy (non-hydrogen) atoms. The zero-order chi connectivity index (χ0) is 11.6. The van der Waals surface area contributed by atoms with E-state index in [2.05, 4.69) is 4.74 Å². The van der Waals surface area contributed by atoms with Crippen LogP contribution in [0.2, 0.25) is 0 Å². The third kappa shape index (κ3) is 2.88. The van der Waals surface area contributed by atoms with Crippen LogP contribution in [-0.2, 0) is 6.54 Å². The summed E-state index contributed by atoms with van der Waals surface area (Å²) in [6, 6.07) is 0.819. The molecule has 0 atom stereocenters. The van der Waals surface area contributed by atoms with E-state index in [0.717, 1.165) is 6.07 Å². The van der Waals surface area contributed by atoms with Gasteiger partial charge in [0.15, 0.2) is 5.75 Å². The molecular weight excluding hydrogens is 217 g/mol. The minimum absolute atomic E-state index is 0.0398. The molecular formula is C7H7F3N2O3. The van der Waals surface area contributed by atoms with Gasteiger partial charge in [0.2, 0.25) is 5.88 Å². The molecule has 0 aliphatic rings. The summed E-state index contributed by atoms with van der Waals surface area (Å²) in [7, 11) is 0. The van der Waals surface area contributed by atoms with E-state index in [4.69, 9.17) is 10.8 Å². The number of nitrogens with two attached hydrogens (primary N) is 1. The molecule has 1 aromatic rings. The summed E-state index contributed by atoms with van der Waals surface area (Å²) < 4.78 is 38.6. The van der Waals surface area contributed by atoms with Crippen molar-refractivity contribution in [3.63, 3.8) is 0 Å². The number of hydrogen-bond donors (Lipinski definition) is 3. The lowest BCUT2D eigenvalue weighted by Gasteiger charge is -2.10. The van der Waals surface area contributed by atoms with Gasteiger partial charge < -0.3 is 15.6 Å². The van der Waals surface area contributed by atoms with Crippen LogP contribution in [0.5, 0.6) is 11.6 Å². The number of H-pyrrole nitrogens is 1. The van der Waals surface area contributed by atoms with Crippen LogP contribution >= 0.6 is 0 Å². The Morgan fingerprint density at radius 1 is 1.53 bits per heavy atom. The number of ether oxygens (including phenoxy) is 1. The molecule has 0 aliphatic carbocycles. The molecule has 0 radical (unpaired) electrons. The van der Waals surface area contributed by atoms with Crippen LogP contribution in [0, 0.1) is 0 Å². The molecule has 0 aromatic carbocycles. The van der Waals surface area contributed by atoms with Crippen LogP contribution in [0.4, 0.5) is 13.2 Å². The highest BCUT2D eigenvalue weighted by Crippen LogP contribution is 2.27. The zero-order valence-electron chi connectivity index (χ0n) is 7.26. The fourth-order valence-corrected chi connectivity index (χ4v) is 0.889. The highest BCUT2D eigenvalue weighted by atomic mass is 19.4. The van der Waals surface area contributed by atoms with Crippen molar-refractivity contribution < 1.29 is 23.0 Å². The third-order valence-electron chi connectivity index (χ3n) is 1.50. The summed E-state index contributed by atoms with van der Waals surface area (Å²) in [5.41, 5.74) is 4.22. The van der Waals surface area contributed by atoms with Gasteiger partial charge in [-0.2, -0.15) is 0 Å². The Morgan fingerprint density at radius 3 is 2.60 bits per heavy atom. The van der Waals surface area contributed by atoms with Gasteiger partial charge in [0, 0.05) is 12.1 Å². The number of aromatic hydroxyl groups is 1. The first kappa shape index (κ1) is 11.4. The van der Waals surface area contributed by atoms with Gasteiger partial charge in [-0.05, 0) is 6.07 Å². The zero-order valence-corrected chi connectivity index (χ0v) is 7.26. The molecule has 0 saturated carbocycles. The number of aromatic nitrogens is 1. The summed E-state index contributed by atoms with van der Waals surface area (Å²) in [5.74, 6) is -1.88. The second kappa shape index (κ2) is 3.81. The second-order valence-electron chi connectivity index (χ2n) is 2.59. The van der Waals surface area contributed by atoms with Gasteiger partial charge >= 0.3 is 6.36 Å². The van der Waals surface area contributed by atoms with Crippen molar-refractivity contribution >= 4 is 0 Å². The predicted molar refractivity (Wildman–Crippen MR) is 43.3 cm³/mol.